The van der Waals surface area contributed by atoms with Crippen LogP contribution in [0.3, 0.4) is 0 Å². The minimum absolute atomic E-state index is 0.239. The van der Waals surface area contributed by atoms with Crippen LogP contribution in [0.2, 0.25) is 0 Å². The van der Waals surface area contributed by atoms with E-state index in [0.717, 1.165) is 19.4 Å². The predicted octanol–water partition coefficient (Wildman–Crippen LogP) is 2.45. The Hall–Kier alpha value is -0.570. The van der Waals surface area contributed by atoms with Crippen LogP contribution in [0.5, 0.6) is 0 Å². The Kier molecular flexibility index (Phi) is 3.59. The van der Waals surface area contributed by atoms with Crippen LogP contribution in [0, 0.1) is 23.2 Å². The fourth-order valence-electron chi connectivity index (χ4n) is 4.25. The van der Waals surface area contributed by atoms with Gasteiger partial charge in [0.1, 0.15) is 0 Å². The van der Waals surface area contributed by atoms with Gasteiger partial charge in [0.2, 0.25) is 5.91 Å². The number of amides is 1. The van der Waals surface area contributed by atoms with Crippen molar-refractivity contribution in [2.75, 3.05) is 6.54 Å². The standard InChI is InChI=1S/C16H28N2O/c1-2-16(6-7-16)10-18-15(19)13-8-11-4-3-5-12(9-13)14(11)17/h11-14H,2-10,17H2,1H3,(H,18,19). The van der Waals surface area contributed by atoms with Gasteiger partial charge in [-0.15, -0.1) is 0 Å². The fourth-order valence-corrected chi connectivity index (χ4v) is 4.25. The Morgan fingerprint density at radius 1 is 1.26 bits per heavy atom. The lowest BCUT2D eigenvalue weighted by Gasteiger charge is -2.43. The molecule has 2 atom stereocenters. The van der Waals surface area contributed by atoms with E-state index in [1.807, 2.05) is 0 Å². The normalized spacial score (nSPS) is 39.7. The summed E-state index contributed by atoms with van der Waals surface area (Å²) < 4.78 is 0. The zero-order valence-electron chi connectivity index (χ0n) is 12.2. The third-order valence-electron chi connectivity index (χ3n) is 6.13. The average Bonchev–Trinajstić information content (AvgIpc) is 3.16. The molecular weight excluding hydrogens is 236 g/mol. The van der Waals surface area contributed by atoms with Crippen LogP contribution in [0.15, 0.2) is 0 Å². The van der Waals surface area contributed by atoms with Crippen molar-refractivity contribution in [3.8, 4) is 0 Å². The highest BCUT2D eigenvalue weighted by Crippen LogP contribution is 2.48. The van der Waals surface area contributed by atoms with Crippen molar-refractivity contribution in [1.82, 2.24) is 5.32 Å². The van der Waals surface area contributed by atoms with Gasteiger partial charge in [-0.25, -0.2) is 0 Å². The molecule has 0 aromatic carbocycles. The van der Waals surface area contributed by atoms with Crippen LogP contribution in [-0.2, 0) is 4.79 Å². The van der Waals surface area contributed by atoms with Gasteiger partial charge < -0.3 is 11.1 Å². The van der Waals surface area contributed by atoms with Gasteiger partial charge in [0.05, 0.1) is 0 Å². The molecule has 0 spiro atoms. The molecule has 0 heterocycles. The number of nitrogens with one attached hydrogen (secondary N) is 1. The second kappa shape index (κ2) is 5.08. The lowest BCUT2D eigenvalue weighted by molar-refractivity contribution is -0.128. The molecule has 3 aliphatic carbocycles. The van der Waals surface area contributed by atoms with Crippen molar-refractivity contribution >= 4 is 5.91 Å². The predicted molar refractivity (Wildman–Crippen MR) is 76.5 cm³/mol. The summed E-state index contributed by atoms with van der Waals surface area (Å²) in [6.07, 6.45) is 9.64. The molecule has 0 aliphatic heterocycles. The van der Waals surface area contributed by atoms with Crippen molar-refractivity contribution in [2.24, 2.45) is 28.9 Å². The van der Waals surface area contributed by atoms with E-state index in [1.54, 1.807) is 0 Å². The first-order chi connectivity index (χ1) is 9.13. The maximum absolute atomic E-state index is 12.4. The Balaban J connectivity index is 1.53. The van der Waals surface area contributed by atoms with Gasteiger partial charge in [0.15, 0.2) is 0 Å². The number of nitrogens with two attached hydrogens (primary N) is 1. The Labute approximate surface area is 116 Å². The molecule has 108 valence electrons. The first-order valence-corrected chi connectivity index (χ1v) is 8.17. The molecule has 3 saturated carbocycles. The van der Waals surface area contributed by atoms with E-state index in [4.69, 9.17) is 5.73 Å². The summed E-state index contributed by atoms with van der Waals surface area (Å²) in [7, 11) is 0. The van der Waals surface area contributed by atoms with Crippen LogP contribution < -0.4 is 11.1 Å². The second-order valence-corrected chi connectivity index (χ2v) is 7.27. The summed E-state index contributed by atoms with van der Waals surface area (Å²) in [4.78, 5) is 12.4. The van der Waals surface area contributed by atoms with Crippen LogP contribution in [0.4, 0.5) is 0 Å². The number of carbonyl (C=O) groups excluding carboxylic acids is 1. The third kappa shape index (κ3) is 2.67. The van der Waals surface area contributed by atoms with Crippen molar-refractivity contribution in [3.63, 3.8) is 0 Å². The molecule has 3 N–H and O–H groups in total. The van der Waals surface area contributed by atoms with Crippen LogP contribution >= 0.6 is 0 Å². The van der Waals surface area contributed by atoms with E-state index in [1.165, 1.54) is 38.5 Å². The Bertz CT molecular complexity index is 337. The molecule has 0 aromatic heterocycles. The minimum Gasteiger partial charge on any atom is -0.355 e. The molecule has 19 heavy (non-hydrogen) atoms. The number of hydrogen-bond acceptors (Lipinski definition) is 2. The maximum Gasteiger partial charge on any atom is 0.223 e. The number of rotatable bonds is 4. The van der Waals surface area contributed by atoms with Crippen molar-refractivity contribution in [2.45, 2.75) is 64.3 Å². The van der Waals surface area contributed by atoms with E-state index in [2.05, 4.69) is 12.2 Å². The zero-order valence-corrected chi connectivity index (χ0v) is 12.2. The van der Waals surface area contributed by atoms with Gasteiger partial charge in [-0.3, -0.25) is 4.79 Å². The minimum atomic E-state index is 0.239. The third-order valence-corrected chi connectivity index (χ3v) is 6.13. The van der Waals surface area contributed by atoms with Gasteiger partial charge in [0, 0.05) is 18.5 Å². The molecule has 3 heteroatoms. The maximum atomic E-state index is 12.4. The highest BCUT2D eigenvalue weighted by molar-refractivity contribution is 5.78. The molecular formula is C16H28N2O. The zero-order chi connectivity index (χ0) is 13.5. The lowest BCUT2D eigenvalue weighted by atomic mass is 9.65. The van der Waals surface area contributed by atoms with E-state index in [0.29, 0.717) is 29.2 Å². The smallest absolute Gasteiger partial charge is 0.223 e. The molecule has 0 aromatic rings. The van der Waals surface area contributed by atoms with Crippen LogP contribution in [-0.4, -0.2) is 18.5 Å². The van der Waals surface area contributed by atoms with Gasteiger partial charge in [-0.2, -0.15) is 0 Å². The molecule has 3 rings (SSSR count). The van der Waals surface area contributed by atoms with Gasteiger partial charge >= 0.3 is 0 Å². The first kappa shape index (κ1) is 13.4. The van der Waals surface area contributed by atoms with Gasteiger partial charge in [-0.1, -0.05) is 13.3 Å². The average molecular weight is 264 g/mol. The molecule has 3 fully saturated rings. The number of carbonyl (C=O) groups is 1. The van der Waals surface area contributed by atoms with Crippen LogP contribution in [0.1, 0.15) is 58.3 Å². The van der Waals surface area contributed by atoms with Gasteiger partial charge in [0.25, 0.3) is 0 Å². The molecule has 1 amide bonds. The molecule has 0 radical (unpaired) electrons. The topological polar surface area (TPSA) is 55.1 Å². The molecule has 3 nitrogen and oxygen atoms in total. The summed E-state index contributed by atoms with van der Waals surface area (Å²) >= 11 is 0. The largest absolute Gasteiger partial charge is 0.355 e. The van der Waals surface area contributed by atoms with E-state index < -0.39 is 0 Å². The SMILES string of the molecule is CCC1(CNC(=O)C2CC3CCCC(C2)C3N)CC1. The molecule has 2 unspecified atom stereocenters. The highest BCUT2D eigenvalue weighted by Gasteiger charge is 2.43. The van der Waals surface area contributed by atoms with Crippen molar-refractivity contribution in [3.05, 3.63) is 0 Å². The van der Waals surface area contributed by atoms with Crippen molar-refractivity contribution in [1.29, 1.82) is 0 Å². The summed E-state index contributed by atoms with van der Waals surface area (Å²) in [6, 6.07) is 0.364. The molecule has 3 aliphatic rings. The van der Waals surface area contributed by atoms with Gasteiger partial charge in [-0.05, 0) is 62.2 Å². The second-order valence-electron chi connectivity index (χ2n) is 7.27. The number of hydrogen-bond donors (Lipinski definition) is 2. The van der Waals surface area contributed by atoms with E-state index in [9.17, 15) is 4.79 Å². The first-order valence-electron chi connectivity index (χ1n) is 8.17. The summed E-state index contributed by atoms with van der Waals surface area (Å²) in [6.45, 7) is 3.14. The molecule has 0 saturated heterocycles. The van der Waals surface area contributed by atoms with E-state index in [-0.39, 0.29) is 5.92 Å². The monoisotopic (exact) mass is 264 g/mol. The summed E-state index contributed by atoms with van der Waals surface area (Å²) in [5, 5.41) is 3.23. The summed E-state index contributed by atoms with van der Waals surface area (Å²) in [5.41, 5.74) is 6.74. The van der Waals surface area contributed by atoms with Crippen LogP contribution in [0.25, 0.3) is 0 Å². The van der Waals surface area contributed by atoms with E-state index >= 15 is 0 Å². The Morgan fingerprint density at radius 2 is 1.89 bits per heavy atom. The summed E-state index contributed by atoms with van der Waals surface area (Å²) in [5.74, 6) is 1.75. The quantitative estimate of drug-likeness (QED) is 0.819. The molecule has 2 bridgehead atoms. The highest BCUT2D eigenvalue weighted by atomic mass is 16.1. The lowest BCUT2D eigenvalue weighted by Crippen LogP contribution is -2.49. The Morgan fingerprint density at radius 3 is 2.42 bits per heavy atom. The van der Waals surface area contributed by atoms with Crippen molar-refractivity contribution < 1.29 is 4.79 Å². The fraction of sp³-hybridized carbons (Fsp3) is 0.938. The number of fused-ring (bicyclic) bond motifs is 2.